The Kier molecular flexibility index (Phi) is 6.35. The Hall–Kier alpha value is -3.48. The van der Waals surface area contributed by atoms with E-state index in [1.54, 1.807) is 14.2 Å². The molecule has 2 heterocycles. The van der Waals surface area contributed by atoms with Crippen LogP contribution in [0, 0.1) is 0 Å². The largest absolute Gasteiger partial charge is 0.496 e. The van der Waals surface area contributed by atoms with Crippen LogP contribution in [0.15, 0.2) is 54.2 Å². The third-order valence-corrected chi connectivity index (χ3v) is 5.99. The zero-order valence-electron chi connectivity index (χ0n) is 18.8. The van der Waals surface area contributed by atoms with E-state index in [9.17, 15) is 9.59 Å². The van der Waals surface area contributed by atoms with E-state index in [2.05, 4.69) is 4.90 Å². The molecule has 0 saturated carbocycles. The van der Waals surface area contributed by atoms with Crippen LogP contribution in [-0.4, -0.2) is 68.6 Å². The SMILES string of the molecule is CCCN1C(=O)C(c2ccccc2OC)=C(N2CCN(c3ccccc3OC)CC2)C1=O. The highest BCUT2D eigenvalue weighted by molar-refractivity contribution is 6.36. The van der Waals surface area contributed by atoms with E-state index in [1.807, 2.05) is 60.4 Å². The maximum Gasteiger partial charge on any atom is 0.277 e. The maximum atomic E-state index is 13.4. The van der Waals surface area contributed by atoms with Gasteiger partial charge in [0.2, 0.25) is 0 Å². The van der Waals surface area contributed by atoms with Gasteiger partial charge >= 0.3 is 0 Å². The van der Waals surface area contributed by atoms with E-state index in [-0.39, 0.29) is 11.8 Å². The van der Waals surface area contributed by atoms with Gasteiger partial charge in [-0.3, -0.25) is 14.5 Å². The van der Waals surface area contributed by atoms with Crippen molar-refractivity contribution in [2.45, 2.75) is 13.3 Å². The number of ether oxygens (including phenoxy) is 2. The summed E-state index contributed by atoms with van der Waals surface area (Å²) in [6, 6.07) is 15.3. The quantitative estimate of drug-likeness (QED) is 0.623. The number of amides is 2. The van der Waals surface area contributed by atoms with Crippen LogP contribution in [0.2, 0.25) is 0 Å². The van der Waals surface area contributed by atoms with Gasteiger partial charge in [-0.25, -0.2) is 0 Å². The highest BCUT2D eigenvalue weighted by Gasteiger charge is 2.42. The summed E-state index contributed by atoms with van der Waals surface area (Å²) < 4.78 is 11.0. The lowest BCUT2D eigenvalue weighted by Crippen LogP contribution is -2.47. The molecule has 1 fully saturated rings. The predicted octanol–water partition coefficient (Wildman–Crippen LogP) is 3.02. The minimum atomic E-state index is -0.247. The summed E-state index contributed by atoms with van der Waals surface area (Å²) in [6.45, 7) is 5.07. The second-order valence-corrected chi connectivity index (χ2v) is 7.83. The molecule has 0 bridgehead atoms. The Bertz CT molecular complexity index is 1040. The zero-order chi connectivity index (χ0) is 22.7. The molecule has 32 heavy (non-hydrogen) atoms. The zero-order valence-corrected chi connectivity index (χ0v) is 18.8. The van der Waals surface area contributed by atoms with Crippen molar-refractivity contribution in [2.24, 2.45) is 0 Å². The molecule has 2 aromatic carbocycles. The number of benzene rings is 2. The number of imide groups is 1. The van der Waals surface area contributed by atoms with Crippen LogP contribution in [0.4, 0.5) is 5.69 Å². The van der Waals surface area contributed by atoms with E-state index >= 15 is 0 Å². The first-order valence-electron chi connectivity index (χ1n) is 11.0. The van der Waals surface area contributed by atoms with Crippen LogP contribution in [0.5, 0.6) is 11.5 Å². The molecule has 0 N–H and O–H groups in total. The van der Waals surface area contributed by atoms with Gasteiger partial charge in [0.1, 0.15) is 17.2 Å². The maximum absolute atomic E-state index is 13.4. The fourth-order valence-electron chi connectivity index (χ4n) is 4.44. The van der Waals surface area contributed by atoms with Gasteiger partial charge in [-0.1, -0.05) is 37.3 Å². The van der Waals surface area contributed by atoms with Crippen molar-refractivity contribution in [3.63, 3.8) is 0 Å². The van der Waals surface area contributed by atoms with Crippen molar-refractivity contribution >= 4 is 23.1 Å². The van der Waals surface area contributed by atoms with Gasteiger partial charge in [0.15, 0.2) is 0 Å². The molecule has 0 radical (unpaired) electrons. The topological polar surface area (TPSA) is 62.3 Å². The summed E-state index contributed by atoms with van der Waals surface area (Å²) in [7, 11) is 3.25. The van der Waals surface area contributed by atoms with Crippen LogP contribution in [0.1, 0.15) is 18.9 Å². The van der Waals surface area contributed by atoms with Crippen LogP contribution >= 0.6 is 0 Å². The first-order chi connectivity index (χ1) is 15.6. The molecule has 1 saturated heterocycles. The van der Waals surface area contributed by atoms with Crippen LogP contribution in [0.25, 0.3) is 5.57 Å². The molecule has 2 aromatic rings. The van der Waals surface area contributed by atoms with Crippen molar-refractivity contribution in [1.82, 2.24) is 9.80 Å². The Morgan fingerprint density at radius 2 is 1.38 bits per heavy atom. The Balaban J connectivity index is 1.67. The first kappa shape index (κ1) is 21.7. The van der Waals surface area contributed by atoms with E-state index in [0.717, 1.165) is 24.5 Å². The highest BCUT2D eigenvalue weighted by atomic mass is 16.5. The molecule has 2 aliphatic rings. The summed E-state index contributed by atoms with van der Waals surface area (Å²) >= 11 is 0. The molecule has 0 spiro atoms. The third kappa shape index (κ3) is 3.79. The molecule has 168 valence electrons. The molecule has 2 amide bonds. The fourth-order valence-corrected chi connectivity index (χ4v) is 4.44. The molecule has 0 unspecified atom stereocenters. The van der Waals surface area contributed by atoms with Crippen LogP contribution in [-0.2, 0) is 9.59 Å². The van der Waals surface area contributed by atoms with Gasteiger partial charge in [0.25, 0.3) is 11.8 Å². The lowest BCUT2D eigenvalue weighted by atomic mass is 10.0. The summed E-state index contributed by atoms with van der Waals surface area (Å²) in [6.07, 6.45) is 0.714. The third-order valence-electron chi connectivity index (χ3n) is 5.99. The van der Waals surface area contributed by atoms with Gasteiger partial charge in [-0.2, -0.15) is 0 Å². The molecule has 4 rings (SSSR count). The van der Waals surface area contributed by atoms with Crippen molar-refractivity contribution < 1.29 is 19.1 Å². The summed E-state index contributed by atoms with van der Waals surface area (Å²) in [5.41, 5.74) is 2.61. The minimum Gasteiger partial charge on any atom is -0.496 e. The van der Waals surface area contributed by atoms with E-state index in [4.69, 9.17) is 9.47 Å². The average Bonchev–Trinajstić information content (AvgIpc) is 3.09. The number of para-hydroxylation sites is 3. The molecule has 7 heteroatoms. The number of carbonyl (C=O) groups is 2. The number of rotatable bonds is 7. The molecule has 2 aliphatic heterocycles. The van der Waals surface area contributed by atoms with Gasteiger partial charge < -0.3 is 19.3 Å². The normalized spacial score (nSPS) is 16.8. The van der Waals surface area contributed by atoms with Gasteiger partial charge in [0, 0.05) is 38.3 Å². The molecule has 0 aliphatic carbocycles. The molecular weight excluding hydrogens is 406 g/mol. The van der Waals surface area contributed by atoms with E-state index in [1.165, 1.54) is 4.90 Å². The van der Waals surface area contributed by atoms with Gasteiger partial charge in [-0.05, 0) is 24.6 Å². The number of nitrogens with zero attached hydrogens (tertiary/aromatic N) is 3. The monoisotopic (exact) mass is 435 g/mol. The lowest BCUT2D eigenvalue weighted by molar-refractivity contribution is -0.137. The number of anilines is 1. The predicted molar refractivity (Wildman–Crippen MR) is 124 cm³/mol. The summed E-state index contributed by atoms with van der Waals surface area (Å²) in [5, 5.41) is 0. The smallest absolute Gasteiger partial charge is 0.277 e. The van der Waals surface area contributed by atoms with Crippen molar-refractivity contribution in [3.05, 3.63) is 59.8 Å². The van der Waals surface area contributed by atoms with Crippen molar-refractivity contribution in [2.75, 3.05) is 51.8 Å². The molecular formula is C25H29N3O4. The Morgan fingerprint density at radius 3 is 2.03 bits per heavy atom. The average molecular weight is 436 g/mol. The second-order valence-electron chi connectivity index (χ2n) is 7.83. The second kappa shape index (κ2) is 9.34. The van der Waals surface area contributed by atoms with Gasteiger partial charge in [-0.15, -0.1) is 0 Å². The first-order valence-corrected chi connectivity index (χ1v) is 11.0. The fraction of sp³-hybridized carbons (Fsp3) is 0.360. The standard InChI is InChI=1S/C25H29N3O4/c1-4-13-28-24(29)22(18-9-5-7-11-20(18)31-2)23(25(28)30)27-16-14-26(15-17-27)19-10-6-8-12-21(19)32-3/h5-12H,4,13-17H2,1-3H3. The Labute approximate surface area is 188 Å². The van der Waals surface area contributed by atoms with Gasteiger partial charge in [0.05, 0.1) is 25.5 Å². The van der Waals surface area contributed by atoms with Crippen molar-refractivity contribution in [1.29, 1.82) is 0 Å². The summed E-state index contributed by atoms with van der Waals surface area (Å²) in [5.74, 6) is 0.954. The number of hydrogen-bond acceptors (Lipinski definition) is 6. The number of carbonyl (C=O) groups excluding carboxylic acids is 2. The van der Waals surface area contributed by atoms with Crippen LogP contribution < -0.4 is 14.4 Å². The van der Waals surface area contributed by atoms with Crippen LogP contribution in [0.3, 0.4) is 0 Å². The molecule has 0 aromatic heterocycles. The lowest BCUT2D eigenvalue weighted by Gasteiger charge is -2.38. The molecule has 0 atom stereocenters. The Morgan fingerprint density at radius 1 is 0.781 bits per heavy atom. The highest BCUT2D eigenvalue weighted by Crippen LogP contribution is 2.37. The van der Waals surface area contributed by atoms with Crippen molar-refractivity contribution in [3.8, 4) is 11.5 Å². The number of methoxy groups -OCH3 is 2. The molecule has 7 nitrogen and oxygen atoms in total. The number of hydrogen-bond donors (Lipinski definition) is 0. The number of piperazine rings is 1. The minimum absolute atomic E-state index is 0.219. The summed E-state index contributed by atoms with van der Waals surface area (Å²) in [4.78, 5) is 32.4. The van der Waals surface area contributed by atoms with E-state index < -0.39 is 0 Å². The van der Waals surface area contributed by atoms with E-state index in [0.29, 0.717) is 48.6 Å².